The molecule has 4 atom stereocenters. The van der Waals surface area contributed by atoms with E-state index in [9.17, 15) is 0 Å². The smallest absolute Gasteiger partial charge is 0.113 e. The van der Waals surface area contributed by atoms with Crippen LogP contribution in [0.2, 0.25) is 0 Å². The minimum Gasteiger partial charge on any atom is -0.362 e. The third kappa shape index (κ3) is 2.97. The first-order chi connectivity index (χ1) is 8.49. The van der Waals surface area contributed by atoms with Gasteiger partial charge in [-0.3, -0.25) is 4.90 Å². The zero-order valence-electron chi connectivity index (χ0n) is 12.6. The lowest BCUT2D eigenvalue weighted by atomic mass is 9.74. The number of hydrogen-bond donors (Lipinski definition) is 0. The van der Waals surface area contributed by atoms with Crippen molar-refractivity contribution < 1.29 is 4.74 Å². The molecule has 1 fully saturated rings. The normalized spacial score (nSPS) is 38.2. The van der Waals surface area contributed by atoms with Gasteiger partial charge in [-0.15, -0.1) is 0 Å². The van der Waals surface area contributed by atoms with Crippen LogP contribution in [0.25, 0.3) is 0 Å². The molecular weight excluding hydrogens is 222 g/mol. The van der Waals surface area contributed by atoms with Crippen molar-refractivity contribution in [2.75, 3.05) is 19.7 Å². The average Bonchev–Trinajstić information content (AvgIpc) is 2.71. The molecule has 2 rings (SSSR count). The van der Waals surface area contributed by atoms with Crippen LogP contribution in [-0.4, -0.2) is 30.8 Å². The van der Waals surface area contributed by atoms with Crippen molar-refractivity contribution in [3.63, 3.8) is 0 Å². The van der Waals surface area contributed by atoms with Gasteiger partial charge in [0, 0.05) is 13.1 Å². The van der Waals surface area contributed by atoms with Gasteiger partial charge < -0.3 is 4.74 Å². The molecule has 0 aromatic heterocycles. The van der Waals surface area contributed by atoms with Gasteiger partial charge in [-0.25, -0.2) is 0 Å². The summed E-state index contributed by atoms with van der Waals surface area (Å²) in [6.45, 7) is 14.8. The van der Waals surface area contributed by atoms with Crippen molar-refractivity contribution >= 4 is 0 Å². The lowest BCUT2D eigenvalue weighted by Crippen LogP contribution is -2.41. The van der Waals surface area contributed by atoms with Crippen molar-refractivity contribution in [1.82, 2.24) is 4.90 Å². The zero-order chi connectivity index (χ0) is 13.3. The van der Waals surface area contributed by atoms with Crippen LogP contribution < -0.4 is 0 Å². The quantitative estimate of drug-likeness (QED) is 0.711. The molecule has 0 unspecified atom stereocenters. The topological polar surface area (TPSA) is 12.5 Å². The summed E-state index contributed by atoms with van der Waals surface area (Å²) in [6.07, 6.45) is 4.10. The van der Waals surface area contributed by atoms with Gasteiger partial charge in [0.2, 0.25) is 0 Å². The van der Waals surface area contributed by atoms with Crippen LogP contribution in [0.1, 0.15) is 41.0 Å². The summed E-state index contributed by atoms with van der Waals surface area (Å²) >= 11 is 0. The monoisotopic (exact) mass is 251 g/mol. The third-order valence-electron chi connectivity index (χ3n) is 4.64. The molecule has 0 spiro atoms. The van der Waals surface area contributed by atoms with Gasteiger partial charge in [0.1, 0.15) is 6.23 Å². The van der Waals surface area contributed by atoms with Crippen LogP contribution in [0, 0.1) is 23.7 Å². The Kier molecular flexibility index (Phi) is 4.50. The Balaban J connectivity index is 2.00. The van der Waals surface area contributed by atoms with Crippen LogP contribution in [0.15, 0.2) is 11.6 Å². The van der Waals surface area contributed by atoms with E-state index in [4.69, 9.17) is 4.74 Å². The van der Waals surface area contributed by atoms with Crippen molar-refractivity contribution in [1.29, 1.82) is 0 Å². The first kappa shape index (κ1) is 14.1. The summed E-state index contributed by atoms with van der Waals surface area (Å²) in [6, 6.07) is 0. The Labute approximate surface area is 112 Å². The van der Waals surface area contributed by atoms with Crippen molar-refractivity contribution in [2.24, 2.45) is 23.7 Å². The predicted molar refractivity (Wildman–Crippen MR) is 76.3 cm³/mol. The fraction of sp³-hybridized carbons (Fsp3) is 0.875. The summed E-state index contributed by atoms with van der Waals surface area (Å²) in [4.78, 5) is 2.57. The van der Waals surface area contributed by atoms with E-state index in [2.05, 4.69) is 45.6 Å². The number of rotatable bonds is 3. The summed E-state index contributed by atoms with van der Waals surface area (Å²) in [5.74, 6) is 2.90. The highest BCUT2D eigenvalue weighted by molar-refractivity contribution is 5.08. The van der Waals surface area contributed by atoms with Crippen LogP contribution in [0.4, 0.5) is 0 Å². The molecule has 1 heterocycles. The second-order valence-corrected chi connectivity index (χ2v) is 6.72. The molecule has 0 radical (unpaired) electrons. The van der Waals surface area contributed by atoms with Crippen LogP contribution >= 0.6 is 0 Å². The van der Waals surface area contributed by atoms with E-state index in [1.165, 1.54) is 13.0 Å². The Morgan fingerprint density at radius 1 is 1.39 bits per heavy atom. The molecule has 1 saturated heterocycles. The van der Waals surface area contributed by atoms with E-state index in [1.54, 1.807) is 5.57 Å². The van der Waals surface area contributed by atoms with Gasteiger partial charge in [0.25, 0.3) is 0 Å². The molecule has 2 aliphatic rings. The van der Waals surface area contributed by atoms with Gasteiger partial charge in [0.15, 0.2) is 0 Å². The Morgan fingerprint density at radius 3 is 2.72 bits per heavy atom. The van der Waals surface area contributed by atoms with Gasteiger partial charge in [-0.2, -0.15) is 0 Å². The molecule has 0 N–H and O–H groups in total. The number of nitrogens with zero attached hydrogens (tertiary/aromatic N) is 1. The summed E-state index contributed by atoms with van der Waals surface area (Å²) < 4.78 is 5.87. The van der Waals surface area contributed by atoms with Gasteiger partial charge in [0.05, 0.1) is 6.61 Å². The maximum atomic E-state index is 5.87. The first-order valence-corrected chi connectivity index (χ1v) is 7.52. The minimum absolute atomic E-state index is 0.344. The van der Waals surface area contributed by atoms with Gasteiger partial charge in [-0.1, -0.05) is 39.3 Å². The molecule has 2 heteroatoms. The molecule has 2 nitrogen and oxygen atoms in total. The lowest BCUT2D eigenvalue weighted by molar-refractivity contribution is -0.0144. The average molecular weight is 251 g/mol. The second-order valence-electron chi connectivity index (χ2n) is 6.72. The van der Waals surface area contributed by atoms with Crippen LogP contribution in [-0.2, 0) is 4.74 Å². The summed E-state index contributed by atoms with van der Waals surface area (Å²) in [5.41, 5.74) is 1.57. The Bertz CT molecular complexity index is 310. The van der Waals surface area contributed by atoms with Crippen molar-refractivity contribution in [3.05, 3.63) is 11.6 Å². The Morgan fingerprint density at radius 2 is 2.11 bits per heavy atom. The SMILES string of the molecule is CC1=C[C@H](C)[C@H](CN2CCO[C@H]2C(C)C)[C@@H](C)C1. The molecule has 0 amide bonds. The van der Waals surface area contributed by atoms with Crippen LogP contribution in [0.3, 0.4) is 0 Å². The molecule has 0 saturated carbocycles. The van der Waals surface area contributed by atoms with Crippen molar-refractivity contribution in [3.8, 4) is 0 Å². The highest BCUT2D eigenvalue weighted by atomic mass is 16.5. The van der Waals surface area contributed by atoms with Gasteiger partial charge in [-0.05, 0) is 37.0 Å². The highest BCUT2D eigenvalue weighted by Gasteiger charge is 2.34. The largest absolute Gasteiger partial charge is 0.362 e. The summed E-state index contributed by atoms with van der Waals surface area (Å²) in [5, 5.41) is 0. The van der Waals surface area contributed by atoms with E-state index >= 15 is 0 Å². The fourth-order valence-corrected chi connectivity index (χ4v) is 3.77. The summed E-state index contributed by atoms with van der Waals surface area (Å²) in [7, 11) is 0. The van der Waals surface area contributed by atoms with E-state index < -0.39 is 0 Å². The molecule has 18 heavy (non-hydrogen) atoms. The number of allylic oxidation sites excluding steroid dienone is 2. The van der Waals surface area contributed by atoms with E-state index in [0.717, 1.165) is 25.0 Å². The standard InChI is InChI=1S/C16H29NO/c1-11(2)16-17(6-7-18-16)10-15-13(4)8-12(3)9-14(15)5/h8,11,13-16H,6-7,9-10H2,1-5H3/t13-,14-,15-,16-/m0/s1. The Hall–Kier alpha value is -0.340. The number of hydrogen-bond acceptors (Lipinski definition) is 2. The maximum Gasteiger partial charge on any atom is 0.113 e. The van der Waals surface area contributed by atoms with E-state index in [1.807, 2.05) is 0 Å². The molecular formula is C16H29NO. The predicted octanol–water partition coefficient (Wildman–Crippen LogP) is 3.54. The van der Waals surface area contributed by atoms with E-state index in [0.29, 0.717) is 18.1 Å². The molecule has 1 aliphatic carbocycles. The second kappa shape index (κ2) is 5.75. The molecule has 1 aliphatic heterocycles. The first-order valence-electron chi connectivity index (χ1n) is 7.52. The zero-order valence-corrected chi connectivity index (χ0v) is 12.6. The lowest BCUT2D eigenvalue weighted by Gasteiger charge is -2.37. The maximum absolute atomic E-state index is 5.87. The molecule has 0 aromatic carbocycles. The fourth-order valence-electron chi connectivity index (χ4n) is 3.77. The van der Waals surface area contributed by atoms with Gasteiger partial charge >= 0.3 is 0 Å². The van der Waals surface area contributed by atoms with Crippen LogP contribution in [0.5, 0.6) is 0 Å². The van der Waals surface area contributed by atoms with E-state index in [-0.39, 0.29) is 0 Å². The molecule has 0 bridgehead atoms. The minimum atomic E-state index is 0.344. The third-order valence-corrected chi connectivity index (χ3v) is 4.64. The highest BCUT2D eigenvalue weighted by Crippen LogP contribution is 2.35. The van der Waals surface area contributed by atoms with Crippen molar-refractivity contribution in [2.45, 2.75) is 47.3 Å². The number of ether oxygens (including phenoxy) is 1. The molecule has 0 aromatic rings. The molecule has 104 valence electrons.